The molecule has 0 aliphatic rings. The Hall–Kier alpha value is -1.84. The molecule has 4 nitrogen and oxygen atoms in total. The van der Waals surface area contributed by atoms with Crippen LogP contribution in [0.4, 0.5) is 0 Å². The van der Waals surface area contributed by atoms with Crippen molar-refractivity contribution in [3.8, 4) is 0 Å². The molecule has 0 unspecified atom stereocenters. The fraction of sp³-hybridized carbons (Fsp3) is 0.789. The molecule has 0 radical (unpaired) electrons. The van der Waals surface area contributed by atoms with Crippen molar-refractivity contribution in [2.75, 3.05) is 0 Å². The Morgan fingerprint density at radius 3 is 1.14 bits per heavy atom. The fourth-order valence-electron chi connectivity index (χ4n) is 4.91. The van der Waals surface area contributed by atoms with E-state index in [2.05, 4.69) is 50.0 Å². The molecule has 0 aliphatic heterocycles. The normalized spacial score (nSPS) is 11.1. The van der Waals surface area contributed by atoms with Crippen molar-refractivity contribution in [3.05, 3.63) is 37.1 Å². The number of carbonyl (C=O) groups is 2. The maximum Gasteiger partial charge on any atom is 0.223 e. The van der Waals surface area contributed by atoms with Crippen LogP contribution in [0.2, 0.25) is 0 Å². The van der Waals surface area contributed by atoms with Gasteiger partial charge in [0, 0.05) is 12.8 Å². The van der Waals surface area contributed by atoms with Gasteiger partial charge in [0.2, 0.25) is 11.8 Å². The van der Waals surface area contributed by atoms with Gasteiger partial charge < -0.3 is 11.1 Å². The number of nitrogens with two attached hydrogens (primary N) is 1. The van der Waals surface area contributed by atoms with E-state index >= 15 is 0 Å². The Morgan fingerprint density at radius 1 is 0.500 bits per heavy atom. The number of amides is 2. The lowest BCUT2D eigenvalue weighted by Crippen LogP contribution is -2.15. The van der Waals surface area contributed by atoms with Crippen LogP contribution in [0, 0.1) is 0 Å². The van der Waals surface area contributed by atoms with Crippen LogP contribution in [-0.2, 0) is 9.59 Å². The lowest BCUT2D eigenvalue weighted by atomic mass is 10.1. The van der Waals surface area contributed by atoms with E-state index in [4.69, 9.17) is 5.73 Å². The standard InChI is InChI=1S/C20H37NO.C18H35NO/c1-3-5-6-7-8-9-10-11-12-13-14-15-16-17-18-19-20(22)21-4-2;1-2-3-4-5-6-7-8-9-10-11-12-13-14-15-16-17-18(19)20/h4,11-12H,2-3,5-10,13-19H2,1H3,(H,21,22);9-10H,2-8,11-17H2,1H3,(H2,19,20)/b12-11-;10-9-. The first kappa shape index (κ1) is 42.3. The molecule has 0 rings (SSSR count). The van der Waals surface area contributed by atoms with Gasteiger partial charge in [-0.05, 0) is 70.4 Å². The highest BCUT2D eigenvalue weighted by Crippen LogP contribution is 2.11. The smallest absolute Gasteiger partial charge is 0.223 e. The molecular weight excluding hydrogens is 516 g/mol. The average Bonchev–Trinajstić information content (AvgIpc) is 2.97. The van der Waals surface area contributed by atoms with Gasteiger partial charge in [0.1, 0.15) is 0 Å². The number of carbonyl (C=O) groups excluding carboxylic acids is 2. The molecule has 0 aromatic heterocycles. The molecule has 2 amide bonds. The molecule has 0 heterocycles. The van der Waals surface area contributed by atoms with E-state index in [0.717, 1.165) is 25.7 Å². The van der Waals surface area contributed by atoms with Crippen LogP contribution < -0.4 is 11.1 Å². The van der Waals surface area contributed by atoms with E-state index in [9.17, 15) is 9.59 Å². The summed E-state index contributed by atoms with van der Waals surface area (Å²) < 4.78 is 0. The summed E-state index contributed by atoms with van der Waals surface area (Å²) in [5.74, 6) is -0.0738. The average molecular weight is 589 g/mol. The zero-order valence-corrected chi connectivity index (χ0v) is 28.3. The van der Waals surface area contributed by atoms with Crippen molar-refractivity contribution in [2.24, 2.45) is 5.73 Å². The van der Waals surface area contributed by atoms with E-state index in [-0.39, 0.29) is 11.8 Å². The summed E-state index contributed by atoms with van der Waals surface area (Å²) in [5.41, 5.74) is 5.10. The largest absolute Gasteiger partial charge is 0.370 e. The molecule has 42 heavy (non-hydrogen) atoms. The second-order valence-electron chi connectivity index (χ2n) is 11.9. The van der Waals surface area contributed by atoms with Gasteiger partial charge in [-0.2, -0.15) is 0 Å². The van der Waals surface area contributed by atoms with Crippen molar-refractivity contribution in [3.63, 3.8) is 0 Å². The van der Waals surface area contributed by atoms with Crippen LogP contribution >= 0.6 is 0 Å². The van der Waals surface area contributed by atoms with E-state index in [0.29, 0.717) is 12.8 Å². The summed E-state index contributed by atoms with van der Waals surface area (Å²) in [6.07, 6.45) is 45.5. The van der Waals surface area contributed by atoms with E-state index in [1.807, 2.05) is 0 Å². The molecule has 0 bridgehead atoms. The monoisotopic (exact) mass is 589 g/mol. The van der Waals surface area contributed by atoms with Crippen molar-refractivity contribution in [1.29, 1.82) is 0 Å². The number of unbranched alkanes of at least 4 members (excludes halogenated alkanes) is 22. The molecule has 0 aromatic rings. The minimum absolute atomic E-state index is 0.0904. The summed E-state index contributed by atoms with van der Waals surface area (Å²) >= 11 is 0. The van der Waals surface area contributed by atoms with Gasteiger partial charge in [-0.1, -0.05) is 147 Å². The SMILES string of the molecule is C=CNC(=O)CCCCCCC/C=C\CCCCCCCC.CCCCCCCC/C=C\CCCCCCCC(N)=O. The number of allylic oxidation sites excluding steroid dienone is 4. The highest BCUT2D eigenvalue weighted by molar-refractivity contribution is 5.76. The maximum atomic E-state index is 11.2. The lowest BCUT2D eigenvalue weighted by molar-refractivity contribution is -0.120. The van der Waals surface area contributed by atoms with E-state index < -0.39 is 0 Å². The molecule has 0 saturated heterocycles. The number of hydrogen-bond donors (Lipinski definition) is 2. The van der Waals surface area contributed by atoms with Gasteiger partial charge in [-0.15, -0.1) is 0 Å². The van der Waals surface area contributed by atoms with E-state index in [1.165, 1.54) is 147 Å². The molecule has 246 valence electrons. The molecule has 4 heteroatoms. The van der Waals surface area contributed by atoms with Crippen LogP contribution in [-0.4, -0.2) is 11.8 Å². The highest BCUT2D eigenvalue weighted by Gasteiger charge is 1.98. The molecule has 3 N–H and O–H groups in total. The first-order valence-electron chi connectivity index (χ1n) is 18.1. The predicted octanol–water partition coefficient (Wildman–Crippen LogP) is 11.8. The summed E-state index contributed by atoms with van der Waals surface area (Å²) in [6.45, 7) is 8.01. The quantitative estimate of drug-likeness (QED) is 0.0624. The highest BCUT2D eigenvalue weighted by atomic mass is 16.1. The minimum Gasteiger partial charge on any atom is -0.370 e. The molecule has 0 aliphatic carbocycles. The van der Waals surface area contributed by atoms with Crippen LogP contribution in [0.5, 0.6) is 0 Å². The van der Waals surface area contributed by atoms with Crippen LogP contribution in [0.25, 0.3) is 0 Å². The molecule has 0 saturated carbocycles. The van der Waals surface area contributed by atoms with Crippen molar-refractivity contribution in [2.45, 2.75) is 194 Å². The number of hydrogen-bond acceptors (Lipinski definition) is 2. The van der Waals surface area contributed by atoms with Gasteiger partial charge in [-0.3, -0.25) is 9.59 Å². The zero-order valence-electron chi connectivity index (χ0n) is 28.3. The molecule has 0 aromatic carbocycles. The number of primary amides is 1. The third kappa shape index (κ3) is 42.6. The Balaban J connectivity index is 0. The van der Waals surface area contributed by atoms with Gasteiger partial charge >= 0.3 is 0 Å². The molecule has 0 fully saturated rings. The first-order valence-corrected chi connectivity index (χ1v) is 18.1. The first-order chi connectivity index (χ1) is 20.6. The van der Waals surface area contributed by atoms with Gasteiger partial charge in [0.05, 0.1) is 0 Å². The lowest BCUT2D eigenvalue weighted by Gasteiger charge is -2.01. The van der Waals surface area contributed by atoms with Crippen LogP contribution in [0.1, 0.15) is 194 Å². The van der Waals surface area contributed by atoms with Gasteiger partial charge in [-0.25, -0.2) is 0 Å². The topological polar surface area (TPSA) is 72.2 Å². The number of nitrogens with one attached hydrogen (secondary N) is 1. The third-order valence-corrected chi connectivity index (χ3v) is 7.61. The Bertz CT molecular complexity index is 627. The Labute approximate surface area is 262 Å². The summed E-state index contributed by atoms with van der Waals surface area (Å²) in [6, 6.07) is 0. The molecular formula is C38H72N2O2. The Morgan fingerprint density at radius 2 is 0.810 bits per heavy atom. The molecule has 0 spiro atoms. The Kier molecular flexibility index (Phi) is 39.4. The third-order valence-electron chi connectivity index (χ3n) is 7.61. The van der Waals surface area contributed by atoms with Crippen LogP contribution in [0.3, 0.4) is 0 Å². The van der Waals surface area contributed by atoms with Crippen molar-refractivity contribution in [1.82, 2.24) is 5.32 Å². The predicted molar refractivity (Wildman–Crippen MR) is 186 cm³/mol. The summed E-state index contributed by atoms with van der Waals surface area (Å²) in [7, 11) is 0. The second kappa shape index (κ2) is 39.2. The summed E-state index contributed by atoms with van der Waals surface area (Å²) in [4.78, 5) is 21.7. The van der Waals surface area contributed by atoms with Crippen molar-refractivity contribution >= 4 is 11.8 Å². The number of rotatable bonds is 31. The zero-order chi connectivity index (χ0) is 31.2. The van der Waals surface area contributed by atoms with Crippen molar-refractivity contribution < 1.29 is 9.59 Å². The maximum absolute atomic E-state index is 11.2. The van der Waals surface area contributed by atoms with Gasteiger partial charge in [0.15, 0.2) is 0 Å². The summed E-state index contributed by atoms with van der Waals surface area (Å²) in [5, 5.41) is 2.61. The second-order valence-corrected chi connectivity index (χ2v) is 11.9. The van der Waals surface area contributed by atoms with Crippen LogP contribution in [0.15, 0.2) is 37.1 Å². The van der Waals surface area contributed by atoms with E-state index in [1.54, 1.807) is 0 Å². The minimum atomic E-state index is -0.164. The fourth-order valence-corrected chi connectivity index (χ4v) is 4.91. The molecule has 0 atom stereocenters. The van der Waals surface area contributed by atoms with Gasteiger partial charge in [0.25, 0.3) is 0 Å².